The molecule has 0 saturated heterocycles. The molecular weight excluding hydrogens is 150 g/mol. The van der Waals surface area contributed by atoms with Crippen LogP contribution in [0.25, 0.3) is 0 Å². The van der Waals surface area contributed by atoms with Crippen LogP contribution < -0.4 is 0 Å². The van der Waals surface area contributed by atoms with Crippen molar-refractivity contribution < 1.29 is 9.22 Å². The van der Waals surface area contributed by atoms with Crippen molar-refractivity contribution in [1.29, 1.82) is 0 Å². The Morgan fingerprint density at radius 1 is 1.50 bits per heavy atom. The smallest absolute Gasteiger partial charge is 0.158 e. The van der Waals surface area contributed by atoms with Crippen molar-refractivity contribution in [2.45, 2.75) is 5.03 Å². The molecule has 0 unspecified atom stereocenters. The Hall–Kier alpha value is -0.580. The summed E-state index contributed by atoms with van der Waals surface area (Å²) in [5, 5.41) is 0.702. The molecule has 0 spiro atoms. The average Bonchev–Trinajstić information content (AvgIpc) is 2.03. The first kappa shape index (κ1) is 7.53. The molecule has 1 aromatic heterocycles. The van der Waals surface area contributed by atoms with Gasteiger partial charge in [-0.05, 0) is 12.1 Å². The molecule has 0 saturated carbocycles. The highest BCUT2D eigenvalue weighted by molar-refractivity contribution is 7.94. The van der Waals surface area contributed by atoms with Crippen molar-refractivity contribution in [3.05, 3.63) is 31.5 Å². The van der Waals surface area contributed by atoms with E-state index in [-0.39, 0.29) is 0 Å². The van der Waals surface area contributed by atoms with Crippen molar-refractivity contribution >= 4 is 12.0 Å². The van der Waals surface area contributed by atoms with Crippen LogP contribution in [0.3, 0.4) is 0 Å². The number of aromatic nitrogens is 1. The zero-order chi connectivity index (χ0) is 7.23. The minimum Gasteiger partial charge on any atom is -0.247 e. The van der Waals surface area contributed by atoms with Crippen molar-refractivity contribution in [3.63, 3.8) is 0 Å². The molecule has 0 aromatic carbocycles. The van der Waals surface area contributed by atoms with Gasteiger partial charge < -0.3 is 0 Å². The molecule has 0 bridgehead atoms. The van der Waals surface area contributed by atoms with Crippen molar-refractivity contribution in [2.75, 3.05) is 0 Å². The van der Waals surface area contributed by atoms with E-state index in [1.165, 1.54) is 0 Å². The number of hydrogen-bond acceptors (Lipinski definition) is 4. The second kappa shape index (κ2) is 4.27. The monoisotopic (exact) mass is 155 g/mol. The summed E-state index contributed by atoms with van der Waals surface area (Å²) >= 11 is 0.962. The summed E-state index contributed by atoms with van der Waals surface area (Å²) < 4.78 is 4.35. The summed E-state index contributed by atoms with van der Waals surface area (Å²) in [6.45, 7) is 0. The van der Waals surface area contributed by atoms with Gasteiger partial charge >= 0.3 is 0 Å². The van der Waals surface area contributed by atoms with E-state index >= 15 is 0 Å². The third kappa shape index (κ3) is 2.34. The van der Waals surface area contributed by atoms with Crippen LogP contribution in [0.4, 0.5) is 0 Å². The number of hydrogen-bond donors (Lipinski definition) is 0. The maximum Gasteiger partial charge on any atom is 0.158 e. The lowest BCUT2D eigenvalue weighted by Gasteiger charge is -1.94. The van der Waals surface area contributed by atoms with Gasteiger partial charge in [0.2, 0.25) is 0 Å². The van der Waals surface area contributed by atoms with E-state index < -0.39 is 0 Å². The fourth-order valence-electron chi connectivity index (χ4n) is 0.451. The van der Waals surface area contributed by atoms with Gasteiger partial charge in [0.1, 0.15) is 5.03 Å². The predicted octanol–water partition coefficient (Wildman–Crippen LogP) is 1.71. The van der Waals surface area contributed by atoms with E-state index in [0.29, 0.717) is 5.03 Å². The second-order valence-corrected chi connectivity index (χ2v) is 2.14. The third-order valence-electron chi connectivity index (χ3n) is 0.796. The average molecular weight is 155 g/mol. The fraction of sp³-hybridized carbons (Fsp3) is 0. The molecule has 10 heavy (non-hydrogen) atoms. The zero-order valence-corrected chi connectivity index (χ0v) is 5.88. The number of pyridine rings is 1. The fourth-order valence-corrected chi connectivity index (χ4v) is 0.798. The molecule has 0 amide bonds. The van der Waals surface area contributed by atoms with Gasteiger partial charge in [0.25, 0.3) is 0 Å². The number of rotatable bonds is 3. The molecule has 0 fully saturated rings. The Balaban J connectivity index is 2.43. The highest BCUT2D eigenvalue weighted by atomic mass is 32.2. The summed E-state index contributed by atoms with van der Waals surface area (Å²) in [5.74, 6) is 0. The molecular formula is C6H5NO2S. The van der Waals surface area contributed by atoms with Gasteiger partial charge in [-0.1, -0.05) is 6.07 Å². The molecule has 1 heterocycles. The van der Waals surface area contributed by atoms with Gasteiger partial charge in [-0.15, -0.1) is 0 Å². The maximum absolute atomic E-state index is 4.61. The summed E-state index contributed by atoms with van der Waals surface area (Å²) in [6.07, 6.45) is 1.65. The van der Waals surface area contributed by atoms with E-state index in [4.69, 9.17) is 0 Å². The van der Waals surface area contributed by atoms with Crippen LogP contribution in [0.5, 0.6) is 0 Å². The molecule has 2 radical (unpaired) electrons. The topological polar surface area (TPSA) is 31.4 Å². The SMILES string of the molecule is [CH]OOSc1ccccn1. The van der Waals surface area contributed by atoms with E-state index in [2.05, 4.69) is 21.3 Å². The minimum absolute atomic E-state index is 0.702. The van der Waals surface area contributed by atoms with Gasteiger partial charge in [0.15, 0.2) is 7.11 Å². The molecule has 52 valence electrons. The summed E-state index contributed by atoms with van der Waals surface area (Å²) in [7, 11) is 4.61. The van der Waals surface area contributed by atoms with E-state index in [1.807, 2.05) is 12.1 Å². The zero-order valence-electron chi connectivity index (χ0n) is 5.06. The maximum atomic E-state index is 4.61. The van der Waals surface area contributed by atoms with E-state index in [0.717, 1.165) is 12.0 Å². The van der Waals surface area contributed by atoms with Crippen molar-refractivity contribution in [1.82, 2.24) is 4.98 Å². The Bertz CT molecular complexity index is 180. The van der Waals surface area contributed by atoms with Gasteiger partial charge in [-0.25, -0.2) is 9.87 Å². The Morgan fingerprint density at radius 2 is 2.40 bits per heavy atom. The highest BCUT2D eigenvalue weighted by Crippen LogP contribution is 2.14. The van der Waals surface area contributed by atoms with Crippen molar-refractivity contribution in [2.24, 2.45) is 0 Å². The van der Waals surface area contributed by atoms with Crippen LogP contribution in [0, 0.1) is 7.11 Å². The molecule has 3 nitrogen and oxygen atoms in total. The Morgan fingerprint density at radius 3 is 3.00 bits per heavy atom. The first-order chi connectivity index (χ1) is 4.93. The van der Waals surface area contributed by atoms with Crippen LogP contribution >= 0.6 is 12.0 Å². The summed E-state index contributed by atoms with van der Waals surface area (Å²) in [5.41, 5.74) is 0. The lowest BCUT2D eigenvalue weighted by molar-refractivity contribution is -0.134. The molecule has 4 heteroatoms. The minimum atomic E-state index is 0.702. The molecule has 0 aliphatic carbocycles. The van der Waals surface area contributed by atoms with E-state index in [9.17, 15) is 0 Å². The lowest BCUT2D eigenvalue weighted by atomic mass is 10.5. The van der Waals surface area contributed by atoms with Crippen LogP contribution in [-0.2, 0) is 9.22 Å². The molecule has 0 aliphatic heterocycles. The highest BCUT2D eigenvalue weighted by Gasteiger charge is 1.91. The largest absolute Gasteiger partial charge is 0.247 e. The molecule has 1 rings (SSSR count). The lowest BCUT2D eigenvalue weighted by Crippen LogP contribution is -1.78. The molecule has 0 atom stereocenters. The number of nitrogens with zero attached hydrogens (tertiary/aromatic N) is 1. The van der Waals surface area contributed by atoms with Crippen molar-refractivity contribution in [3.8, 4) is 0 Å². The first-order valence-corrected chi connectivity index (χ1v) is 3.29. The predicted molar refractivity (Wildman–Crippen MR) is 36.6 cm³/mol. The normalized spacial score (nSPS) is 9.70. The van der Waals surface area contributed by atoms with E-state index in [1.54, 1.807) is 12.3 Å². The van der Waals surface area contributed by atoms with Crippen LogP contribution in [0.1, 0.15) is 0 Å². The third-order valence-corrected chi connectivity index (χ3v) is 1.36. The molecule has 0 N–H and O–H groups in total. The summed E-state index contributed by atoms with van der Waals surface area (Å²) in [6, 6.07) is 5.44. The van der Waals surface area contributed by atoms with Gasteiger partial charge in [0, 0.05) is 6.20 Å². The molecule has 0 aliphatic rings. The standard InChI is InChI=1S/C6H5NO2S/c1-8-9-10-6-4-2-3-5-7-6/h1-5H. The first-order valence-electron chi connectivity index (χ1n) is 2.54. The Labute approximate surface area is 63.5 Å². The van der Waals surface area contributed by atoms with Crippen LogP contribution in [-0.4, -0.2) is 4.98 Å². The van der Waals surface area contributed by atoms with Crippen LogP contribution in [0.2, 0.25) is 0 Å². The second-order valence-electron chi connectivity index (χ2n) is 1.42. The van der Waals surface area contributed by atoms with Gasteiger partial charge in [-0.2, -0.15) is 4.33 Å². The van der Waals surface area contributed by atoms with Crippen LogP contribution in [0.15, 0.2) is 29.4 Å². The molecule has 1 aromatic rings. The summed E-state index contributed by atoms with van der Waals surface area (Å²) in [4.78, 5) is 7.79. The Kier molecular flexibility index (Phi) is 3.21. The quantitative estimate of drug-likeness (QED) is 0.377. The van der Waals surface area contributed by atoms with Gasteiger partial charge in [0.05, 0.1) is 12.0 Å². The van der Waals surface area contributed by atoms with Gasteiger partial charge in [-0.3, -0.25) is 0 Å².